The summed E-state index contributed by atoms with van der Waals surface area (Å²) in [4.78, 5) is 23.1. The zero-order valence-electron chi connectivity index (χ0n) is 14.9. The smallest absolute Gasteiger partial charge is 0.223 e. The van der Waals surface area contributed by atoms with Gasteiger partial charge in [0.25, 0.3) is 0 Å². The van der Waals surface area contributed by atoms with Gasteiger partial charge in [0.15, 0.2) is 0 Å². The number of anilines is 1. The maximum absolute atomic E-state index is 12.6. The number of nitrogens with zero attached hydrogens (tertiary/aromatic N) is 5. The minimum Gasteiger partial charge on any atom is -0.372 e. The molecular weight excluding hydrogens is 320 g/mol. The van der Waals surface area contributed by atoms with Crippen molar-refractivity contribution >= 4 is 11.7 Å². The van der Waals surface area contributed by atoms with Crippen LogP contribution in [0, 0.1) is 6.92 Å². The van der Waals surface area contributed by atoms with Crippen molar-refractivity contribution in [3.8, 4) is 0 Å². The monoisotopic (exact) mass is 344 g/mol. The first-order valence-electron chi connectivity index (χ1n) is 8.45. The number of aromatic nitrogens is 4. The van der Waals surface area contributed by atoms with Crippen molar-refractivity contribution in [1.82, 2.24) is 24.6 Å². The van der Waals surface area contributed by atoms with E-state index in [9.17, 15) is 4.79 Å². The first-order chi connectivity index (χ1) is 12.1. The fourth-order valence-electron chi connectivity index (χ4n) is 3.01. The van der Waals surface area contributed by atoms with Crippen molar-refractivity contribution in [2.45, 2.75) is 25.9 Å². The summed E-state index contributed by atoms with van der Waals surface area (Å²) in [6.45, 7) is 3.63. The third-order valence-corrected chi connectivity index (χ3v) is 4.63. The first kappa shape index (κ1) is 17.3. The van der Waals surface area contributed by atoms with Crippen LogP contribution >= 0.6 is 0 Å². The average Bonchev–Trinajstić information content (AvgIpc) is 2.98. The molecule has 1 aliphatic heterocycles. The molecule has 1 atom stereocenters. The van der Waals surface area contributed by atoms with Gasteiger partial charge in [-0.1, -0.05) is 0 Å². The predicted octanol–water partition coefficient (Wildman–Crippen LogP) is 1.09. The highest BCUT2D eigenvalue weighted by atomic mass is 16.5. The third-order valence-electron chi connectivity index (χ3n) is 4.63. The molecule has 2 aromatic rings. The van der Waals surface area contributed by atoms with Gasteiger partial charge in [-0.15, -0.1) is 0 Å². The molecule has 1 unspecified atom stereocenters. The Labute approximate surface area is 147 Å². The largest absolute Gasteiger partial charge is 0.372 e. The molecule has 0 spiro atoms. The fourth-order valence-corrected chi connectivity index (χ4v) is 3.01. The third kappa shape index (κ3) is 3.79. The lowest BCUT2D eigenvalue weighted by Gasteiger charge is -2.33. The Kier molecular flexibility index (Phi) is 5.28. The van der Waals surface area contributed by atoms with Crippen molar-refractivity contribution < 1.29 is 9.53 Å². The van der Waals surface area contributed by atoms with Crippen LogP contribution in [0.5, 0.6) is 0 Å². The number of carbonyl (C=O) groups excluding carboxylic acids is 1. The second kappa shape index (κ2) is 7.60. The second-order valence-corrected chi connectivity index (χ2v) is 6.12. The van der Waals surface area contributed by atoms with Gasteiger partial charge in [-0.25, -0.2) is 4.98 Å². The molecule has 0 radical (unpaired) electrons. The second-order valence-electron chi connectivity index (χ2n) is 6.12. The molecular formula is C17H24N6O2. The quantitative estimate of drug-likeness (QED) is 0.874. The number of aryl methyl sites for hydroxylation is 2. The Morgan fingerprint density at radius 3 is 2.92 bits per heavy atom. The molecule has 0 aromatic carbocycles. The van der Waals surface area contributed by atoms with E-state index in [1.807, 2.05) is 29.7 Å². The van der Waals surface area contributed by atoms with E-state index < -0.39 is 0 Å². The molecule has 0 aliphatic carbocycles. The highest BCUT2D eigenvalue weighted by Gasteiger charge is 2.28. The molecule has 1 aliphatic rings. The van der Waals surface area contributed by atoms with Gasteiger partial charge in [0, 0.05) is 45.1 Å². The Bertz CT molecular complexity index is 744. The van der Waals surface area contributed by atoms with Gasteiger partial charge in [0.2, 0.25) is 5.91 Å². The Morgan fingerprint density at radius 2 is 2.20 bits per heavy atom. The van der Waals surface area contributed by atoms with Crippen molar-refractivity contribution in [3.05, 3.63) is 35.5 Å². The van der Waals surface area contributed by atoms with Gasteiger partial charge in [-0.2, -0.15) is 5.10 Å². The fraction of sp³-hybridized carbons (Fsp3) is 0.529. The van der Waals surface area contributed by atoms with Gasteiger partial charge >= 0.3 is 0 Å². The SMILES string of the molecule is CNc1nccnc1C1CN(C(=O)CCc2cnn(C)c2C)CCO1. The number of hydrogen-bond donors (Lipinski definition) is 1. The zero-order valence-corrected chi connectivity index (χ0v) is 14.9. The van der Waals surface area contributed by atoms with Crippen LogP contribution in [-0.4, -0.2) is 57.3 Å². The van der Waals surface area contributed by atoms with Gasteiger partial charge in [0.1, 0.15) is 17.6 Å². The molecule has 8 heteroatoms. The van der Waals surface area contributed by atoms with Gasteiger partial charge in [-0.05, 0) is 18.9 Å². The molecule has 1 amide bonds. The number of ether oxygens (including phenoxy) is 1. The number of carbonyl (C=O) groups is 1. The number of nitrogens with one attached hydrogen (secondary N) is 1. The summed E-state index contributed by atoms with van der Waals surface area (Å²) in [6, 6.07) is 0. The van der Waals surface area contributed by atoms with E-state index >= 15 is 0 Å². The molecule has 2 aromatic heterocycles. The molecule has 3 heterocycles. The summed E-state index contributed by atoms with van der Waals surface area (Å²) in [7, 11) is 3.71. The van der Waals surface area contributed by atoms with Crippen LogP contribution < -0.4 is 5.32 Å². The van der Waals surface area contributed by atoms with E-state index in [4.69, 9.17) is 4.74 Å². The average molecular weight is 344 g/mol. The van der Waals surface area contributed by atoms with Crippen LogP contribution in [0.4, 0.5) is 5.82 Å². The zero-order chi connectivity index (χ0) is 17.8. The first-order valence-corrected chi connectivity index (χ1v) is 8.45. The number of amides is 1. The van der Waals surface area contributed by atoms with Crippen molar-refractivity contribution in [2.24, 2.45) is 7.05 Å². The lowest BCUT2D eigenvalue weighted by molar-refractivity contribution is -0.139. The maximum Gasteiger partial charge on any atom is 0.223 e. The van der Waals surface area contributed by atoms with Crippen LogP contribution in [0.3, 0.4) is 0 Å². The van der Waals surface area contributed by atoms with Gasteiger partial charge in [0.05, 0.1) is 19.3 Å². The van der Waals surface area contributed by atoms with Crippen molar-refractivity contribution in [1.29, 1.82) is 0 Å². The van der Waals surface area contributed by atoms with Gasteiger partial charge < -0.3 is 15.0 Å². The predicted molar refractivity (Wildman–Crippen MR) is 93.1 cm³/mol. The number of hydrogen-bond acceptors (Lipinski definition) is 6. The minimum absolute atomic E-state index is 0.131. The molecule has 3 rings (SSSR count). The van der Waals surface area contributed by atoms with E-state index in [0.717, 1.165) is 17.0 Å². The topological polar surface area (TPSA) is 85.2 Å². The molecule has 25 heavy (non-hydrogen) atoms. The van der Waals surface area contributed by atoms with Crippen molar-refractivity contribution in [3.63, 3.8) is 0 Å². The van der Waals surface area contributed by atoms with E-state index in [1.54, 1.807) is 19.4 Å². The van der Waals surface area contributed by atoms with Crippen LogP contribution in [0.25, 0.3) is 0 Å². The van der Waals surface area contributed by atoms with E-state index in [1.165, 1.54) is 0 Å². The van der Waals surface area contributed by atoms with E-state index in [-0.39, 0.29) is 12.0 Å². The normalized spacial score (nSPS) is 17.6. The molecule has 1 fully saturated rings. The molecule has 0 saturated carbocycles. The molecule has 1 saturated heterocycles. The minimum atomic E-state index is -0.256. The molecule has 134 valence electrons. The summed E-state index contributed by atoms with van der Waals surface area (Å²) < 4.78 is 7.65. The van der Waals surface area contributed by atoms with Crippen LogP contribution in [0.1, 0.15) is 29.5 Å². The molecule has 0 bridgehead atoms. The highest BCUT2D eigenvalue weighted by molar-refractivity contribution is 5.76. The lowest BCUT2D eigenvalue weighted by atomic mass is 10.1. The number of morpholine rings is 1. The van der Waals surface area contributed by atoms with Crippen molar-refractivity contribution in [2.75, 3.05) is 32.1 Å². The maximum atomic E-state index is 12.6. The highest BCUT2D eigenvalue weighted by Crippen LogP contribution is 2.25. The van der Waals surface area contributed by atoms with Crippen LogP contribution in [-0.2, 0) is 23.0 Å². The summed E-state index contributed by atoms with van der Waals surface area (Å²) in [5.41, 5.74) is 2.96. The van der Waals surface area contributed by atoms with E-state index in [0.29, 0.717) is 38.4 Å². The number of rotatable bonds is 5. The summed E-state index contributed by atoms with van der Waals surface area (Å²) >= 11 is 0. The Morgan fingerprint density at radius 1 is 1.40 bits per heavy atom. The van der Waals surface area contributed by atoms with Crippen LogP contribution in [0.2, 0.25) is 0 Å². The summed E-state index contributed by atoms with van der Waals surface area (Å²) in [5.74, 6) is 0.819. The Balaban J connectivity index is 1.62. The summed E-state index contributed by atoms with van der Waals surface area (Å²) in [6.07, 6.45) is 6.03. The Hall–Kier alpha value is -2.48. The molecule has 8 nitrogen and oxygen atoms in total. The van der Waals surface area contributed by atoms with Crippen LogP contribution in [0.15, 0.2) is 18.6 Å². The lowest BCUT2D eigenvalue weighted by Crippen LogP contribution is -2.42. The van der Waals surface area contributed by atoms with E-state index in [2.05, 4.69) is 20.4 Å². The standard InChI is InChI=1S/C17H24N6O2/c1-12-13(10-21-22(12)3)4-5-15(24)23-8-9-25-14(11-23)16-17(18-2)20-7-6-19-16/h6-7,10,14H,4-5,8-9,11H2,1-3H3,(H,18,20). The van der Waals surface area contributed by atoms with Gasteiger partial charge in [-0.3, -0.25) is 14.5 Å². The summed E-state index contributed by atoms with van der Waals surface area (Å²) in [5, 5.41) is 7.25. The molecule has 1 N–H and O–H groups in total.